The third kappa shape index (κ3) is 6.01. The van der Waals surface area contributed by atoms with E-state index in [0.717, 1.165) is 23.7 Å². The summed E-state index contributed by atoms with van der Waals surface area (Å²) in [5.74, 6) is 1.59. The fraction of sp³-hybridized carbons (Fsp3) is 0.472. The molecule has 3 aromatic rings. The molecule has 0 spiro atoms. The summed E-state index contributed by atoms with van der Waals surface area (Å²) in [5.41, 5.74) is 6.67. The number of aliphatic imine (C=N–C) groups is 1. The molecule has 3 aliphatic rings. The van der Waals surface area contributed by atoms with E-state index in [1.807, 2.05) is 0 Å². The lowest BCUT2D eigenvalue weighted by Gasteiger charge is -2.39. The number of anilines is 3. The molecule has 0 unspecified atom stereocenters. The van der Waals surface area contributed by atoms with Crippen LogP contribution in [-0.2, 0) is 0 Å². The number of nitrogens with zero attached hydrogens (tertiary/aromatic N) is 2. The summed E-state index contributed by atoms with van der Waals surface area (Å²) in [5, 5.41) is 5.61. The molecule has 1 aliphatic heterocycles. The van der Waals surface area contributed by atoms with E-state index >= 15 is 0 Å². The molecular weight excluding hydrogens is 505 g/mol. The van der Waals surface area contributed by atoms with Crippen molar-refractivity contribution in [1.29, 1.82) is 0 Å². The van der Waals surface area contributed by atoms with Crippen molar-refractivity contribution in [2.45, 2.75) is 95.4 Å². The molecule has 0 bridgehead atoms. The van der Waals surface area contributed by atoms with Crippen LogP contribution in [-0.4, -0.2) is 29.7 Å². The quantitative estimate of drug-likeness (QED) is 0.282. The second-order valence-electron chi connectivity index (χ2n) is 12.4. The Morgan fingerprint density at radius 2 is 1.27 bits per heavy atom. The fourth-order valence-corrected chi connectivity index (χ4v) is 11.0. The molecule has 0 saturated heterocycles. The normalized spacial score (nSPS) is 20.8. The molecule has 4 heteroatoms. The van der Waals surface area contributed by atoms with Gasteiger partial charge in [0.1, 0.15) is 5.84 Å². The van der Waals surface area contributed by atoms with E-state index in [-0.39, 0.29) is 7.92 Å². The summed E-state index contributed by atoms with van der Waals surface area (Å²) in [7, 11) is -0.193. The number of para-hydroxylation sites is 3. The summed E-state index contributed by atoms with van der Waals surface area (Å²) < 4.78 is 0. The van der Waals surface area contributed by atoms with Crippen molar-refractivity contribution in [2.75, 3.05) is 16.8 Å². The van der Waals surface area contributed by atoms with Gasteiger partial charge in [-0.3, -0.25) is 4.99 Å². The van der Waals surface area contributed by atoms with E-state index < -0.39 is 0 Å². The molecule has 0 radical (unpaired) electrons. The van der Waals surface area contributed by atoms with Gasteiger partial charge in [-0.25, -0.2) is 0 Å². The van der Waals surface area contributed by atoms with Gasteiger partial charge in [0.2, 0.25) is 0 Å². The average Bonchev–Trinajstić information content (AvgIpc) is 3.46. The first-order valence-corrected chi connectivity index (χ1v) is 17.3. The first-order valence-electron chi connectivity index (χ1n) is 15.8. The third-order valence-electron chi connectivity index (χ3n) is 9.31. The van der Waals surface area contributed by atoms with Gasteiger partial charge in [0, 0.05) is 29.2 Å². The van der Waals surface area contributed by atoms with Crippen LogP contribution in [0.25, 0.3) is 0 Å². The zero-order valence-electron chi connectivity index (χ0n) is 24.4. The largest absolute Gasteiger partial charge is 0.354 e. The predicted octanol–water partition coefficient (Wildman–Crippen LogP) is 9.49. The summed E-state index contributed by atoms with van der Waals surface area (Å²) in [4.78, 5) is 7.75. The average molecular weight is 552 g/mol. The standard InChI is InChI=1S/C36H46N3P/c1-27(2)34-26-39(28-16-6-3-7-17-28)36(38-34)31-22-12-13-23-32(31)37-33-24-14-15-25-35(33)40(29-18-8-4-9-19-29)30-20-10-5-11-21-30/h3,6-7,12-17,22-25,27,29-30,34,37H,4-5,8-11,18-21,26H2,1-2H3/t34-/m1/s1. The summed E-state index contributed by atoms with van der Waals surface area (Å²) >= 11 is 0. The monoisotopic (exact) mass is 551 g/mol. The van der Waals surface area contributed by atoms with E-state index in [1.54, 1.807) is 5.30 Å². The maximum Gasteiger partial charge on any atom is 0.137 e. The van der Waals surface area contributed by atoms with Gasteiger partial charge < -0.3 is 10.2 Å². The van der Waals surface area contributed by atoms with Crippen LogP contribution in [0.1, 0.15) is 83.6 Å². The Bertz CT molecular complexity index is 1260. The SMILES string of the molecule is CC(C)[C@H]1CN(c2ccccc2)C(c2ccccc2Nc2ccccc2P(C2CCCCC2)C2CCCCC2)=N1. The fourth-order valence-electron chi connectivity index (χ4n) is 7.10. The van der Waals surface area contributed by atoms with Crippen LogP contribution in [0.4, 0.5) is 17.1 Å². The van der Waals surface area contributed by atoms with Gasteiger partial charge in [0.25, 0.3) is 0 Å². The Labute approximate surface area is 243 Å². The lowest BCUT2D eigenvalue weighted by molar-refractivity contribution is 0.487. The van der Waals surface area contributed by atoms with Crippen molar-refractivity contribution in [3.8, 4) is 0 Å². The lowest BCUT2D eigenvalue weighted by Crippen LogP contribution is -2.31. The first kappa shape index (κ1) is 27.5. The molecule has 40 heavy (non-hydrogen) atoms. The topological polar surface area (TPSA) is 27.6 Å². The van der Waals surface area contributed by atoms with Gasteiger partial charge in [-0.15, -0.1) is 0 Å². The molecule has 2 saturated carbocycles. The Kier molecular flexibility index (Phi) is 8.88. The van der Waals surface area contributed by atoms with Gasteiger partial charge in [0.15, 0.2) is 0 Å². The summed E-state index contributed by atoms with van der Waals surface area (Å²) in [6.07, 6.45) is 14.2. The second kappa shape index (κ2) is 12.9. The van der Waals surface area contributed by atoms with E-state index in [1.165, 1.54) is 86.8 Å². The van der Waals surface area contributed by atoms with Crippen LogP contribution in [0, 0.1) is 5.92 Å². The number of hydrogen-bond donors (Lipinski definition) is 1. The van der Waals surface area contributed by atoms with Gasteiger partial charge in [-0.2, -0.15) is 0 Å². The molecular formula is C36H46N3P. The molecule has 3 nitrogen and oxygen atoms in total. The molecule has 2 fully saturated rings. The molecule has 1 heterocycles. The summed E-state index contributed by atoms with van der Waals surface area (Å²) in [6, 6.07) is 29.3. The van der Waals surface area contributed by atoms with Crippen LogP contribution in [0.15, 0.2) is 83.9 Å². The Morgan fingerprint density at radius 3 is 1.93 bits per heavy atom. The van der Waals surface area contributed by atoms with Gasteiger partial charge in [0.05, 0.1) is 6.04 Å². The minimum atomic E-state index is -0.193. The lowest BCUT2D eigenvalue weighted by atomic mass is 9.99. The Balaban J connectivity index is 1.36. The first-order chi connectivity index (χ1) is 19.7. The highest BCUT2D eigenvalue weighted by atomic mass is 31.1. The van der Waals surface area contributed by atoms with Crippen molar-refractivity contribution in [2.24, 2.45) is 10.9 Å². The molecule has 0 amide bonds. The zero-order chi connectivity index (χ0) is 27.3. The molecule has 0 aromatic heterocycles. The van der Waals surface area contributed by atoms with Crippen LogP contribution in [0.3, 0.4) is 0 Å². The van der Waals surface area contributed by atoms with Crippen LogP contribution in [0.2, 0.25) is 0 Å². The second-order valence-corrected chi connectivity index (χ2v) is 15.1. The Morgan fingerprint density at radius 1 is 0.700 bits per heavy atom. The zero-order valence-corrected chi connectivity index (χ0v) is 25.3. The van der Waals surface area contributed by atoms with Crippen molar-refractivity contribution in [3.05, 3.63) is 84.4 Å². The van der Waals surface area contributed by atoms with E-state index in [4.69, 9.17) is 4.99 Å². The van der Waals surface area contributed by atoms with Gasteiger partial charge in [-0.1, -0.05) is 109 Å². The van der Waals surface area contributed by atoms with Crippen molar-refractivity contribution in [1.82, 2.24) is 0 Å². The minimum Gasteiger partial charge on any atom is -0.354 e. The van der Waals surface area contributed by atoms with Gasteiger partial charge in [-0.05, 0) is 78.6 Å². The molecule has 6 rings (SSSR count). The van der Waals surface area contributed by atoms with Crippen LogP contribution < -0.4 is 15.5 Å². The molecule has 210 valence electrons. The van der Waals surface area contributed by atoms with E-state index in [2.05, 4.69) is 103 Å². The van der Waals surface area contributed by atoms with E-state index in [9.17, 15) is 0 Å². The summed E-state index contributed by atoms with van der Waals surface area (Å²) in [6.45, 7) is 5.51. The van der Waals surface area contributed by atoms with Crippen molar-refractivity contribution >= 4 is 36.1 Å². The molecule has 1 atom stereocenters. The number of hydrogen-bond acceptors (Lipinski definition) is 3. The highest BCUT2D eigenvalue weighted by Gasteiger charge is 2.34. The minimum absolute atomic E-state index is 0.193. The van der Waals surface area contributed by atoms with Crippen LogP contribution >= 0.6 is 7.92 Å². The molecule has 1 N–H and O–H groups in total. The third-order valence-corrected chi connectivity index (χ3v) is 12.9. The smallest absolute Gasteiger partial charge is 0.137 e. The number of amidine groups is 1. The number of nitrogens with one attached hydrogen (secondary N) is 1. The highest BCUT2D eigenvalue weighted by molar-refractivity contribution is 7.67. The molecule has 3 aromatic carbocycles. The van der Waals surface area contributed by atoms with Crippen LogP contribution in [0.5, 0.6) is 0 Å². The Hall–Kier alpha value is -2.64. The predicted molar refractivity (Wildman–Crippen MR) is 175 cm³/mol. The highest BCUT2D eigenvalue weighted by Crippen LogP contribution is 2.56. The molecule has 2 aliphatic carbocycles. The van der Waals surface area contributed by atoms with Crippen molar-refractivity contribution in [3.63, 3.8) is 0 Å². The van der Waals surface area contributed by atoms with Gasteiger partial charge >= 0.3 is 0 Å². The maximum absolute atomic E-state index is 5.33. The van der Waals surface area contributed by atoms with Crippen molar-refractivity contribution < 1.29 is 0 Å². The number of rotatable bonds is 8. The maximum atomic E-state index is 5.33. The number of benzene rings is 3. The van der Waals surface area contributed by atoms with E-state index in [0.29, 0.717) is 12.0 Å².